The van der Waals surface area contributed by atoms with Crippen molar-refractivity contribution >= 4 is 40.1 Å². The zero-order valence-corrected chi connectivity index (χ0v) is 24.7. The van der Waals surface area contributed by atoms with Crippen LogP contribution in [0.15, 0.2) is 51.2 Å². The highest BCUT2D eigenvalue weighted by Crippen LogP contribution is 2.35. The van der Waals surface area contributed by atoms with Crippen molar-refractivity contribution in [3.63, 3.8) is 0 Å². The van der Waals surface area contributed by atoms with Crippen LogP contribution in [-0.2, 0) is 14.3 Å². The van der Waals surface area contributed by atoms with Crippen LogP contribution in [0.1, 0.15) is 37.9 Å². The van der Waals surface area contributed by atoms with E-state index in [2.05, 4.69) is 37.1 Å². The molecule has 2 atom stereocenters. The summed E-state index contributed by atoms with van der Waals surface area (Å²) < 4.78 is 27.3. The molecule has 0 aliphatic carbocycles. The second kappa shape index (κ2) is 14.4. The Morgan fingerprint density at radius 1 is 1.15 bits per heavy atom. The van der Waals surface area contributed by atoms with Gasteiger partial charge in [0.15, 0.2) is 29.2 Å². The quantitative estimate of drug-likeness (QED) is 0.0896. The van der Waals surface area contributed by atoms with Crippen LogP contribution in [0.4, 0.5) is 4.79 Å². The number of hydrogen-bond acceptors (Lipinski definition) is 11. The number of esters is 2. The average molecular weight is 635 g/mol. The number of nitrogens with zero attached hydrogens (tertiary/aromatic N) is 1. The normalized spacial score (nSPS) is 15.5. The highest BCUT2D eigenvalue weighted by atomic mass is 79.9. The number of carbonyl (C=O) groups is 3. The summed E-state index contributed by atoms with van der Waals surface area (Å²) in [6, 6.07) is 6.88. The molecule has 1 heterocycles. The predicted molar refractivity (Wildman–Crippen MR) is 151 cm³/mol. The fourth-order valence-electron chi connectivity index (χ4n) is 3.86. The van der Waals surface area contributed by atoms with Crippen LogP contribution in [0.5, 0.6) is 23.0 Å². The number of nitrogens with one attached hydrogen (secondary N) is 3. The van der Waals surface area contributed by atoms with Crippen molar-refractivity contribution in [3.8, 4) is 23.0 Å². The van der Waals surface area contributed by atoms with Gasteiger partial charge >= 0.3 is 18.0 Å². The fourth-order valence-corrected chi connectivity index (χ4v) is 4.28. The van der Waals surface area contributed by atoms with Gasteiger partial charge in [-0.25, -0.2) is 9.59 Å². The van der Waals surface area contributed by atoms with E-state index < -0.39 is 30.2 Å². The predicted octanol–water partition coefficient (Wildman–Crippen LogP) is 2.90. The summed E-state index contributed by atoms with van der Waals surface area (Å²) in [4.78, 5) is 35.8. The number of aliphatic hydroxyl groups excluding tert-OH is 1. The lowest BCUT2D eigenvalue weighted by Gasteiger charge is -2.28. The third-order valence-electron chi connectivity index (χ3n) is 5.64. The van der Waals surface area contributed by atoms with Crippen LogP contribution >= 0.6 is 15.9 Å². The number of hydrogen-bond donors (Lipinski definition) is 4. The van der Waals surface area contributed by atoms with E-state index in [0.29, 0.717) is 45.2 Å². The van der Waals surface area contributed by atoms with Gasteiger partial charge in [0.2, 0.25) is 0 Å². The summed E-state index contributed by atoms with van der Waals surface area (Å²) in [5.41, 5.74) is 4.36. The van der Waals surface area contributed by atoms with E-state index in [0.717, 1.165) is 0 Å². The molecule has 0 spiro atoms. The molecule has 0 bridgehead atoms. The topological polar surface area (TPSA) is 166 Å². The number of allylic oxidation sites excluding steroid dienone is 1. The molecule has 1 aliphatic heterocycles. The Hall–Kier alpha value is -4.30. The molecule has 2 aromatic carbocycles. The molecule has 220 valence electrons. The maximum atomic E-state index is 12.4. The van der Waals surface area contributed by atoms with Gasteiger partial charge in [0.1, 0.15) is 6.61 Å². The van der Waals surface area contributed by atoms with Gasteiger partial charge in [-0.2, -0.15) is 5.10 Å². The number of urea groups is 1. The Balaban J connectivity index is 1.70. The second-order valence-electron chi connectivity index (χ2n) is 8.53. The van der Waals surface area contributed by atoms with Crippen LogP contribution in [0, 0.1) is 0 Å². The molecule has 41 heavy (non-hydrogen) atoms. The number of carbonyl (C=O) groups excluding carboxylic acids is 3. The van der Waals surface area contributed by atoms with E-state index in [1.807, 2.05) is 0 Å². The number of aliphatic hydroxyl groups is 1. The lowest BCUT2D eigenvalue weighted by molar-refractivity contribution is -0.136. The molecular weight excluding hydrogens is 604 g/mol. The van der Waals surface area contributed by atoms with E-state index in [1.165, 1.54) is 27.4 Å². The fraction of sp³-hybridized carbons (Fsp3) is 0.333. The lowest BCUT2D eigenvalue weighted by Crippen LogP contribution is -2.45. The molecule has 1 aliphatic rings. The van der Waals surface area contributed by atoms with Gasteiger partial charge in [-0.15, -0.1) is 0 Å². The van der Waals surface area contributed by atoms with Crippen molar-refractivity contribution in [2.24, 2.45) is 5.10 Å². The zero-order valence-electron chi connectivity index (χ0n) is 23.1. The summed E-state index contributed by atoms with van der Waals surface area (Å²) >= 11 is 3.39. The monoisotopic (exact) mass is 634 g/mol. The van der Waals surface area contributed by atoms with Gasteiger partial charge in [0, 0.05) is 22.7 Å². The first-order valence-electron chi connectivity index (χ1n) is 12.4. The van der Waals surface area contributed by atoms with Gasteiger partial charge in [-0.3, -0.25) is 10.2 Å². The molecule has 0 saturated heterocycles. The summed E-state index contributed by atoms with van der Waals surface area (Å²) in [5, 5.41) is 19.7. The summed E-state index contributed by atoms with van der Waals surface area (Å²) in [6.07, 6.45) is 0.247. The summed E-state index contributed by atoms with van der Waals surface area (Å²) in [5.74, 6) is 0.179. The molecule has 2 amide bonds. The Labute approximate surface area is 244 Å². The standard InChI is InChI=1S/C27H31BrN4O9/c1-6-39-21-9-16(25-24(26(35)38-5)14(2)30-27(36)31-25)7-8-19(21)40-13-23(34)32-29-12-17-10-20(37-4)22(11-18(17)28)41-15(3)33/h7-12,23,25,32,34H,6,13H2,1-5H3,(H2,30,31,36)/b29-12-/t23-,25-/m1/s1. The third-order valence-corrected chi connectivity index (χ3v) is 6.32. The Morgan fingerprint density at radius 2 is 1.90 bits per heavy atom. The minimum absolute atomic E-state index is 0.191. The van der Waals surface area contributed by atoms with Crippen LogP contribution in [-0.4, -0.2) is 63.0 Å². The Bertz CT molecular complexity index is 1360. The third kappa shape index (κ3) is 8.11. The first-order valence-corrected chi connectivity index (χ1v) is 13.2. The number of hydrazone groups is 1. The number of methoxy groups -OCH3 is 2. The lowest BCUT2D eigenvalue weighted by atomic mass is 9.95. The molecule has 0 saturated carbocycles. The maximum Gasteiger partial charge on any atom is 0.337 e. The summed E-state index contributed by atoms with van der Waals surface area (Å²) in [6.45, 7) is 4.82. The van der Waals surface area contributed by atoms with Crippen LogP contribution in [0.3, 0.4) is 0 Å². The molecule has 13 nitrogen and oxygen atoms in total. The van der Waals surface area contributed by atoms with E-state index in [1.54, 1.807) is 44.2 Å². The van der Waals surface area contributed by atoms with Gasteiger partial charge in [0.05, 0.1) is 38.7 Å². The Kier molecular flexibility index (Phi) is 10.9. The second-order valence-corrected chi connectivity index (χ2v) is 9.39. The van der Waals surface area contributed by atoms with Crippen molar-refractivity contribution in [3.05, 3.63) is 57.2 Å². The van der Waals surface area contributed by atoms with Crippen molar-refractivity contribution in [2.75, 3.05) is 27.4 Å². The van der Waals surface area contributed by atoms with E-state index >= 15 is 0 Å². The zero-order chi connectivity index (χ0) is 30.1. The molecule has 0 unspecified atom stereocenters. The molecule has 4 N–H and O–H groups in total. The smallest absolute Gasteiger partial charge is 0.337 e. The van der Waals surface area contributed by atoms with Crippen LogP contribution < -0.4 is 35.0 Å². The molecule has 0 radical (unpaired) electrons. The van der Waals surface area contributed by atoms with Gasteiger partial charge in [-0.05, 0) is 59.6 Å². The maximum absolute atomic E-state index is 12.4. The van der Waals surface area contributed by atoms with Gasteiger partial charge < -0.3 is 39.4 Å². The number of amides is 2. The first kappa shape index (κ1) is 31.2. The number of halogens is 1. The van der Waals surface area contributed by atoms with Gasteiger partial charge in [0.25, 0.3) is 0 Å². The molecule has 0 fully saturated rings. The van der Waals surface area contributed by atoms with E-state index in [4.69, 9.17) is 23.7 Å². The average Bonchev–Trinajstić information content (AvgIpc) is 2.92. The molecule has 0 aromatic heterocycles. The SMILES string of the molecule is CCOc1cc([C@H]2NC(=O)NC(C)=C2C(=O)OC)ccc1OC[C@@H](O)N/N=C\c1cc(OC)c(OC(C)=O)cc1Br. The summed E-state index contributed by atoms with van der Waals surface area (Å²) in [7, 11) is 2.71. The van der Waals surface area contributed by atoms with Crippen molar-refractivity contribution < 1.29 is 43.2 Å². The first-order chi connectivity index (χ1) is 19.6. The Morgan fingerprint density at radius 3 is 2.56 bits per heavy atom. The highest BCUT2D eigenvalue weighted by molar-refractivity contribution is 9.10. The molecule has 14 heteroatoms. The van der Waals surface area contributed by atoms with Crippen molar-refractivity contribution in [1.82, 2.24) is 16.1 Å². The van der Waals surface area contributed by atoms with Gasteiger partial charge in [-0.1, -0.05) is 6.07 Å². The van der Waals surface area contributed by atoms with Crippen LogP contribution in [0.25, 0.3) is 0 Å². The molecular formula is C27H31BrN4O9. The number of ether oxygens (including phenoxy) is 5. The largest absolute Gasteiger partial charge is 0.493 e. The van der Waals surface area contributed by atoms with E-state index in [-0.39, 0.29) is 17.9 Å². The van der Waals surface area contributed by atoms with Crippen molar-refractivity contribution in [2.45, 2.75) is 33.0 Å². The minimum Gasteiger partial charge on any atom is -0.493 e. The van der Waals surface area contributed by atoms with Crippen molar-refractivity contribution in [1.29, 1.82) is 0 Å². The number of rotatable bonds is 12. The number of benzene rings is 2. The highest BCUT2D eigenvalue weighted by Gasteiger charge is 2.32. The van der Waals surface area contributed by atoms with Crippen LogP contribution in [0.2, 0.25) is 0 Å². The van der Waals surface area contributed by atoms with E-state index in [9.17, 15) is 19.5 Å². The molecule has 3 rings (SSSR count). The molecule has 2 aromatic rings. The minimum atomic E-state index is -1.19.